The zero-order valence-electron chi connectivity index (χ0n) is 14.3. The van der Waals surface area contributed by atoms with Crippen LogP contribution in [-0.2, 0) is 22.5 Å². The predicted molar refractivity (Wildman–Crippen MR) is 90.1 cm³/mol. The van der Waals surface area contributed by atoms with Gasteiger partial charge in [0.25, 0.3) is 0 Å². The van der Waals surface area contributed by atoms with Crippen molar-refractivity contribution in [3.05, 3.63) is 34.9 Å². The Morgan fingerprint density at radius 1 is 1.43 bits per heavy atom. The Kier molecular flexibility index (Phi) is 5.79. The number of hydrogen-bond donors (Lipinski definition) is 3. The highest BCUT2D eigenvalue weighted by Gasteiger charge is 2.35. The van der Waals surface area contributed by atoms with E-state index in [1.807, 2.05) is 18.2 Å². The molecule has 128 valence electrons. The fourth-order valence-electron chi connectivity index (χ4n) is 2.93. The molecule has 23 heavy (non-hydrogen) atoms. The second kappa shape index (κ2) is 7.43. The van der Waals surface area contributed by atoms with Gasteiger partial charge >= 0.3 is 0 Å². The molecule has 4 N–H and O–H groups in total. The van der Waals surface area contributed by atoms with E-state index in [2.05, 4.69) is 26.1 Å². The second-order valence-electron chi connectivity index (χ2n) is 7.18. The number of hydrogen-bond acceptors (Lipinski definition) is 4. The molecule has 0 aromatic heterocycles. The smallest absolute Gasteiger partial charge is 0.227 e. The minimum atomic E-state index is -0.694. The molecule has 1 aliphatic carbocycles. The van der Waals surface area contributed by atoms with Crippen LogP contribution in [0.15, 0.2) is 18.2 Å². The zero-order valence-corrected chi connectivity index (χ0v) is 14.3. The minimum absolute atomic E-state index is 0.0927. The summed E-state index contributed by atoms with van der Waals surface area (Å²) in [6.45, 7) is 8.48. The molecule has 1 amide bonds. The van der Waals surface area contributed by atoms with Crippen molar-refractivity contribution in [3.8, 4) is 0 Å². The summed E-state index contributed by atoms with van der Waals surface area (Å²) < 4.78 is 5.68. The van der Waals surface area contributed by atoms with Crippen molar-refractivity contribution in [1.82, 2.24) is 5.32 Å². The number of ether oxygens (including phenoxy) is 1. The summed E-state index contributed by atoms with van der Waals surface area (Å²) in [7, 11) is 0. The molecule has 0 saturated carbocycles. The van der Waals surface area contributed by atoms with E-state index in [4.69, 9.17) is 10.5 Å². The van der Waals surface area contributed by atoms with E-state index in [1.54, 1.807) is 0 Å². The van der Waals surface area contributed by atoms with Gasteiger partial charge in [-0.1, -0.05) is 18.2 Å². The van der Waals surface area contributed by atoms with Gasteiger partial charge in [-0.3, -0.25) is 4.79 Å². The highest BCUT2D eigenvalue weighted by Crippen LogP contribution is 2.33. The minimum Gasteiger partial charge on any atom is -0.392 e. The first-order valence-corrected chi connectivity index (χ1v) is 8.21. The number of nitrogens with one attached hydrogen (secondary N) is 1. The molecule has 0 spiro atoms. The number of carbonyl (C=O) groups excluding carboxylic acids is 1. The molecular weight excluding hydrogens is 292 g/mol. The number of aliphatic hydroxyl groups is 1. The van der Waals surface area contributed by atoms with Crippen LogP contribution in [0.4, 0.5) is 0 Å². The van der Waals surface area contributed by atoms with Crippen LogP contribution in [0.5, 0.6) is 0 Å². The number of carbonyl (C=O) groups is 1. The molecule has 0 unspecified atom stereocenters. The van der Waals surface area contributed by atoms with Crippen molar-refractivity contribution < 1.29 is 14.6 Å². The van der Waals surface area contributed by atoms with Gasteiger partial charge in [-0.25, -0.2) is 0 Å². The van der Waals surface area contributed by atoms with Crippen LogP contribution in [-0.4, -0.2) is 35.9 Å². The first-order chi connectivity index (χ1) is 10.8. The van der Waals surface area contributed by atoms with Gasteiger partial charge in [0.15, 0.2) is 0 Å². The van der Waals surface area contributed by atoms with Crippen LogP contribution in [0, 0.1) is 0 Å². The second-order valence-corrected chi connectivity index (χ2v) is 7.18. The summed E-state index contributed by atoms with van der Waals surface area (Å²) in [5.74, 6) is -1.04. The monoisotopic (exact) mass is 320 g/mol. The quantitative estimate of drug-likeness (QED) is 0.664. The lowest BCUT2D eigenvalue weighted by Gasteiger charge is -2.19. The maximum atomic E-state index is 11.5. The summed E-state index contributed by atoms with van der Waals surface area (Å²) in [6, 6.07) is 6.01. The van der Waals surface area contributed by atoms with Crippen LogP contribution >= 0.6 is 0 Å². The van der Waals surface area contributed by atoms with E-state index in [-0.39, 0.29) is 5.60 Å². The molecule has 2 atom stereocenters. The van der Waals surface area contributed by atoms with Crippen molar-refractivity contribution >= 4 is 5.91 Å². The molecule has 0 fully saturated rings. The molecule has 1 aromatic carbocycles. The maximum absolute atomic E-state index is 11.5. The summed E-state index contributed by atoms with van der Waals surface area (Å²) >= 11 is 0. The average molecular weight is 320 g/mol. The van der Waals surface area contributed by atoms with Crippen molar-refractivity contribution in [2.24, 2.45) is 5.73 Å². The van der Waals surface area contributed by atoms with Gasteiger partial charge in [-0.15, -0.1) is 0 Å². The fraction of sp³-hybridized carbons (Fsp3) is 0.611. The molecule has 0 aliphatic heterocycles. The number of primary amides is 1. The van der Waals surface area contributed by atoms with E-state index < -0.39 is 17.9 Å². The summed E-state index contributed by atoms with van der Waals surface area (Å²) in [6.07, 6.45) is 0.756. The van der Waals surface area contributed by atoms with E-state index in [0.29, 0.717) is 6.42 Å². The lowest BCUT2D eigenvalue weighted by molar-refractivity contribution is -0.121. The van der Waals surface area contributed by atoms with Gasteiger partial charge in [0.05, 0.1) is 17.6 Å². The summed E-state index contributed by atoms with van der Waals surface area (Å²) in [5, 5.41) is 13.4. The SMILES string of the molecule is CC(C)(C)OCCCNCc1ccc2c(c1)[C@@H](C(N)=O)[C@H](O)C2. The highest BCUT2D eigenvalue weighted by atomic mass is 16.5. The lowest BCUT2D eigenvalue weighted by atomic mass is 9.97. The van der Waals surface area contributed by atoms with Gasteiger partial charge in [-0.05, 0) is 56.8 Å². The first kappa shape index (κ1) is 17.9. The van der Waals surface area contributed by atoms with Crippen LogP contribution in [0.1, 0.15) is 49.8 Å². The van der Waals surface area contributed by atoms with Gasteiger partial charge in [-0.2, -0.15) is 0 Å². The van der Waals surface area contributed by atoms with Crippen molar-refractivity contribution in [2.75, 3.05) is 13.2 Å². The third-order valence-electron chi connectivity index (χ3n) is 4.03. The maximum Gasteiger partial charge on any atom is 0.227 e. The Morgan fingerprint density at radius 2 is 2.17 bits per heavy atom. The standard InChI is InChI=1S/C18H28N2O3/c1-18(2,3)23-8-4-7-20-11-12-5-6-13-10-15(21)16(17(19)22)14(13)9-12/h5-6,9,15-16,20-21H,4,7-8,10-11H2,1-3H3,(H2,19,22)/t15-,16-/m1/s1. The van der Waals surface area contributed by atoms with E-state index in [9.17, 15) is 9.90 Å². The van der Waals surface area contributed by atoms with Crippen LogP contribution < -0.4 is 11.1 Å². The molecule has 1 aromatic rings. The number of nitrogens with two attached hydrogens (primary N) is 1. The van der Waals surface area contributed by atoms with E-state index in [0.717, 1.165) is 42.8 Å². The zero-order chi connectivity index (χ0) is 17.0. The van der Waals surface area contributed by atoms with Crippen molar-refractivity contribution in [2.45, 2.75) is 57.8 Å². The van der Waals surface area contributed by atoms with Crippen molar-refractivity contribution in [1.29, 1.82) is 0 Å². The number of amides is 1. The van der Waals surface area contributed by atoms with Crippen LogP contribution in [0.3, 0.4) is 0 Å². The first-order valence-electron chi connectivity index (χ1n) is 8.21. The highest BCUT2D eigenvalue weighted by molar-refractivity contribution is 5.84. The molecule has 0 bridgehead atoms. The molecule has 0 heterocycles. The molecule has 2 rings (SSSR count). The molecule has 0 saturated heterocycles. The number of benzene rings is 1. The van der Waals surface area contributed by atoms with Gasteiger partial charge in [0, 0.05) is 13.2 Å². The molecule has 0 radical (unpaired) electrons. The van der Waals surface area contributed by atoms with Gasteiger partial charge in [0.1, 0.15) is 0 Å². The Morgan fingerprint density at radius 3 is 2.83 bits per heavy atom. The Bertz CT molecular complexity index is 552. The Hall–Kier alpha value is -1.43. The predicted octanol–water partition coefficient (Wildman–Crippen LogP) is 1.47. The number of aliphatic hydroxyl groups excluding tert-OH is 1. The third kappa shape index (κ3) is 5.03. The van der Waals surface area contributed by atoms with E-state index >= 15 is 0 Å². The summed E-state index contributed by atoms with van der Waals surface area (Å²) in [5.41, 5.74) is 8.31. The molecule has 1 aliphatic rings. The fourth-order valence-corrected chi connectivity index (χ4v) is 2.93. The molecule has 5 heteroatoms. The topological polar surface area (TPSA) is 84.6 Å². The molecule has 5 nitrogen and oxygen atoms in total. The van der Waals surface area contributed by atoms with Gasteiger partial charge < -0.3 is 20.9 Å². The third-order valence-corrected chi connectivity index (χ3v) is 4.03. The normalized spacial score (nSPS) is 20.5. The lowest BCUT2D eigenvalue weighted by Crippen LogP contribution is -2.28. The molecular formula is C18H28N2O3. The van der Waals surface area contributed by atoms with Crippen LogP contribution in [0.2, 0.25) is 0 Å². The van der Waals surface area contributed by atoms with Crippen LogP contribution in [0.25, 0.3) is 0 Å². The Balaban J connectivity index is 1.83. The Labute approximate surface area is 138 Å². The largest absolute Gasteiger partial charge is 0.392 e. The van der Waals surface area contributed by atoms with Gasteiger partial charge in [0.2, 0.25) is 5.91 Å². The number of rotatable bonds is 7. The van der Waals surface area contributed by atoms with E-state index in [1.165, 1.54) is 0 Å². The summed E-state index contributed by atoms with van der Waals surface area (Å²) in [4.78, 5) is 11.5. The van der Waals surface area contributed by atoms with Crippen molar-refractivity contribution in [3.63, 3.8) is 0 Å². The number of fused-ring (bicyclic) bond motifs is 1. The average Bonchev–Trinajstić information content (AvgIpc) is 2.76.